The number of likely N-dealkylation sites (tertiary alicyclic amines) is 1. The molecule has 0 aromatic heterocycles. The van der Waals surface area contributed by atoms with Crippen molar-refractivity contribution in [2.75, 3.05) is 6.54 Å². The normalized spacial score (nSPS) is 20.4. The largest absolute Gasteiger partial charge is 0.444 e. The lowest BCUT2D eigenvalue weighted by Crippen LogP contribution is -2.42. The summed E-state index contributed by atoms with van der Waals surface area (Å²) in [5, 5.41) is 11.2. The van der Waals surface area contributed by atoms with Gasteiger partial charge in [0.25, 0.3) is 0 Å². The summed E-state index contributed by atoms with van der Waals surface area (Å²) >= 11 is 3.56. The summed E-state index contributed by atoms with van der Waals surface area (Å²) in [6, 6.07) is 15.6. The number of nitrogens with zero attached hydrogens (tertiary/aromatic N) is 1. The number of rotatable bonds is 4. The van der Waals surface area contributed by atoms with Crippen molar-refractivity contribution in [2.45, 2.75) is 44.9 Å². The molecule has 5 heteroatoms. The van der Waals surface area contributed by atoms with E-state index in [-0.39, 0.29) is 12.0 Å². The molecule has 154 valence electrons. The number of aliphatic hydroxyl groups excluding tert-OH is 1. The second kappa shape index (κ2) is 8.72. The molecule has 1 N–H and O–H groups in total. The Bertz CT molecular complexity index is 875. The molecule has 0 aliphatic carbocycles. The van der Waals surface area contributed by atoms with Crippen molar-refractivity contribution in [3.05, 3.63) is 71.2 Å². The van der Waals surface area contributed by atoms with E-state index in [1.807, 2.05) is 75.4 Å². The second-order valence-corrected chi connectivity index (χ2v) is 9.43. The zero-order valence-corrected chi connectivity index (χ0v) is 18.7. The predicted octanol–water partition coefficient (Wildman–Crippen LogP) is 5.96. The topological polar surface area (TPSA) is 49.8 Å². The molecule has 1 unspecified atom stereocenters. The van der Waals surface area contributed by atoms with Crippen LogP contribution in [0, 0.1) is 5.92 Å². The molecule has 0 spiro atoms. The van der Waals surface area contributed by atoms with Crippen molar-refractivity contribution in [1.29, 1.82) is 0 Å². The Balaban J connectivity index is 1.91. The standard InChI is InChI=1S/C24H28BrNO3/c1-5-16-11-21(26(15-16)23(28)29-24(2,3)4)22(27)19-12-18(13-20(25)14-19)17-9-7-6-8-10-17/h5-10,12-14,16,21-22,27H,1,11,15H2,2-4H3/t16-,21+,22?/m1/s1. The Morgan fingerprint density at radius 1 is 1.24 bits per heavy atom. The highest BCUT2D eigenvalue weighted by molar-refractivity contribution is 9.10. The quantitative estimate of drug-likeness (QED) is 0.575. The number of hydrogen-bond acceptors (Lipinski definition) is 3. The van der Waals surface area contributed by atoms with Crippen LogP contribution in [-0.2, 0) is 4.74 Å². The molecular weight excluding hydrogens is 430 g/mol. The van der Waals surface area contributed by atoms with Gasteiger partial charge in [-0.3, -0.25) is 0 Å². The first-order chi connectivity index (χ1) is 13.7. The number of carbonyl (C=O) groups excluding carboxylic acids is 1. The van der Waals surface area contributed by atoms with E-state index in [2.05, 4.69) is 22.5 Å². The average Bonchev–Trinajstić information content (AvgIpc) is 3.11. The highest BCUT2D eigenvalue weighted by atomic mass is 79.9. The van der Waals surface area contributed by atoms with Gasteiger partial charge in [-0.05, 0) is 68.0 Å². The van der Waals surface area contributed by atoms with E-state index in [9.17, 15) is 9.90 Å². The van der Waals surface area contributed by atoms with Crippen LogP contribution >= 0.6 is 15.9 Å². The van der Waals surface area contributed by atoms with Crippen molar-refractivity contribution in [1.82, 2.24) is 4.90 Å². The Labute approximate surface area is 181 Å². The lowest BCUT2D eigenvalue weighted by atomic mass is 9.94. The number of halogens is 1. The molecule has 1 fully saturated rings. The fourth-order valence-corrected chi connectivity index (χ4v) is 4.21. The number of hydrogen-bond donors (Lipinski definition) is 1. The number of carbonyl (C=O) groups is 1. The lowest BCUT2D eigenvalue weighted by Gasteiger charge is -2.31. The fraction of sp³-hybridized carbons (Fsp3) is 0.375. The van der Waals surface area contributed by atoms with Crippen molar-refractivity contribution in [2.24, 2.45) is 5.92 Å². The molecule has 0 saturated carbocycles. The van der Waals surface area contributed by atoms with Crippen molar-refractivity contribution in [3.63, 3.8) is 0 Å². The molecule has 2 aromatic rings. The van der Waals surface area contributed by atoms with Crippen molar-refractivity contribution < 1.29 is 14.6 Å². The highest BCUT2D eigenvalue weighted by Gasteiger charge is 2.40. The van der Waals surface area contributed by atoms with E-state index in [0.717, 1.165) is 21.2 Å². The van der Waals surface area contributed by atoms with E-state index in [4.69, 9.17) is 4.74 Å². The highest BCUT2D eigenvalue weighted by Crippen LogP contribution is 2.36. The average molecular weight is 458 g/mol. The van der Waals surface area contributed by atoms with Gasteiger partial charge in [0, 0.05) is 11.0 Å². The minimum Gasteiger partial charge on any atom is -0.444 e. The van der Waals surface area contributed by atoms with Gasteiger partial charge in [-0.15, -0.1) is 6.58 Å². The van der Waals surface area contributed by atoms with Crippen molar-refractivity contribution in [3.8, 4) is 11.1 Å². The first-order valence-electron chi connectivity index (χ1n) is 9.84. The Morgan fingerprint density at radius 3 is 2.55 bits per heavy atom. The molecule has 3 rings (SSSR count). The molecule has 3 atom stereocenters. The fourth-order valence-electron chi connectivity index (χ4n) is 3.70. The van der Waals surface area contributed by atoms with E-state index >= 15 is 0 Å². The minimum atomic E-state index is -0.826. The molecule has 1 heterocycles. The second-order valence-electron chi connectivity index (χ2n) is 8.52. The third kappa shape index (κ3) is 5.28. The summed E-state index contributed by atoms with van der Waals surface area (Å²) in [6.45, 7) is 9.91. The summed E-state index contributed by atoms with van der Waals surface area (Å²) < 4.78 is 6.46. The lowest BCUT2D eigenvalue weighted by molar-refractivity contribution is 0.00481. The Kier molecular flexibility index (Phi) is 6.49. The zero-order valence-electron chi connectivity index (χ0n) is 17.1. The summed E-state index contributed by atoms with van der Waals surface area (Å²) in [4.78, 5) is 14.4. The van der Waals surface area contributed by atoms with E-state index in [0.29, 0.717) is 13.0 Å². The van der Waals surface area contributed by atoms with E-state index < -0.39 is 17.8 Å². The van der Waals surface area contributed by atoms with Gasteiger partial charge in [-0.1, -0.05) is 52.3 Å². The molecular formula is C24H28BrNO3. The third-order valence-corrected chi connectivity index (χ3v) is 5.53. The summed E-state index contributed by atoms with van der Waals surface area (Å²) in [5.41, 5.74) is 2.26. The number of amides is 1. The maximum Gasteiger partial charge on any atom is 0.410 e. The maximum atomic E-state index is 12.8. The molecule has 4 nitrogen and oxygen atoms in total. The van der Waals surface area contributed by atoms with E-state index in [1.54, 1.807) is 4.90 Å². The number of ether oxygens (including phenoxy) is 1. The van der Waals surface area contributed by atoms with Crippen LogP contribution < -0.4 is 0 Å². The van der Waals surface area contributed by atoms with Crippen LogP contribution in [-0.4, -0.2) is 34.3 Å². The van der Waals surface area contributed by atoms with Crippen LogP contribution in [0.25, 0.3) is 11.1 Å². The summed E-state index contributed by atoms with van der Waals surface area (Å²) in [6.07, 6.45) is 1.27. The first-order valence-corrected chi connectivity index (χ1v) is 10.6. The van der Waals surface area contributed by atoms with Crippen LogP contribution in [0.5, 0.6) is 0 Å². The van der Waals surface area contributed by atoms with Crippen molar-refractivity contribution >= 4 is 22.0 Å². The van der Waals surface area contributed by atoms with Gasteiger partial charge in [-0.25, -0.2) is 4.79 Å². The number of benzene rings is 2. The van der Waals surface area contributed by atoms with Crippen LogP contribution in [0.15, 0.2) is 65.7 Å². The third-order valence-electron chi connectivity index (χ3n) is 5.07. The summed E-state index contributed by atoms with van der Waals surface area (Å²) in [5.74, 6) is 0.128. The van der Waals surface area contributed by atoms with Gasteiger partial charge >= 0.3 is 6.09 Å². The molecule has 2 aromatic carbocycles. The molecule has 0 radical (unpaired) electrons. The number of aliphatic hydroxyl groups is 1. The Hall–Kier alpha value is -2.11. The predicted molar refractivity (Wildman–Crippen MR) is 120 cm³/mol. The zero-order chi connectivity index (χ0) is 21.2. The van der Waals surface area contributed by atoms with Gasteiger partial charge in [0.05, 0.1) is 12.1 Å². The molecule has 29 heavy (non-hydrogen) atoms. The molecule has 1 aliphatic rings. The maximum absolute atomic E-state index is 12.8. The van der Waals surface area contributed by atoms with Gasteiger partial charge in [0.15, 0.2) is 0 Å². The minimum absolute atomic E-state index is 0.128. The molecule has 1 aliphatic heterocycles. The molecule has 1 saturated heterocycles. The van der Waals surface area contributed by atoms with Gasteiger partial charge in [-0.2, -0.15) is 0 Å². The summed E-state index contributed by atoms with van der Waals surface area (Å²) in [7, 11) is 0. The van der Waals surface area contributed by atoms with Gasteiger partial charge in [0.2, 0.25) is 0 Å². The Morgan fingerprint density at radius 2 is 1.93 bits per heavy atom. The van der Waals surface area contributed by atoms with Crippen LogP contribution in [0.3, 0.4) is 0 Å². The molecule has 1 amide bonds. The van der Waals surface area contributed by atoms with Crippen LogP contribution in [0.4, 0.5) is 4.79 Å². The monoisotopic (exact) mass is 457 g/mol. The SMILES string of the molecule is C=C[C@@H]1C[C@@H](C(O)c2cc(Br)cc(-c3ccccc3)c2)N(C(=O)OC(C)(C)C)C1. The van der Waals surface area contributed by atoms with Crippen LogP contribution in [0.2, 0.25) is 0 Å². The smallest absolute Gasteiger partial charge is 0.410 e. The van der Waals surface area contributed by atoms with E-state index in [1.165, 1.54) is 0 Å². The first kappa shape index (κ1) is 21.6. The van der Waals surface area contributed by atoms with Gasteiger partial charge in [0.1, 0.15) is 5.60 Å². The molecule has 0 bridgehead atoms. The van der Waals surface area contributed by atoms with Crippen LogP contribution in [0.1, 0.15) is 38.9 Å². The van der Waals surface area contributed by atoms with Gasteiger partial charge < -0.3 is 14.7 Å².